The van der Waals surface area contributed by atoms with Crippen LogP contribution in [-0.4, -0.2) is 48.1 Å². The minimum absolute atomic E-state index is 0.106. The third kappa shape index (κ3) is 6.42. The summed E-state index contributed by atoms with van der Waals surface area (Å²) in [5, 5.41) is 13.6. The molecular formula is C14H19N3O4. The highest BCUT2D eigenvalue weighted by molar-refractivity contribution is 5.92. The van der Waals surface area contributed by atoms with Crippen molar-refractivity contribution in [2.45, 2.75) is 13.3 Å². The molecule has 0 atom stereocenters. The Morgan fingerprint density at radius 1 is 1.29 bits per heavy atom. The first kappa shape index (κ1) is 16.5. The van der Waals surface area contributed by atoms with Crippen LogP contribution in [0.1, 0.15) is 12.0 Å². The van der Waals surface area contributed by atoms with Gasteiger partial charge in [0.05, 0.1) is 13.0 Å². The number of carboxylic acid groups (broad SMARTS) is 1. The van der Waals surface area contributed by atoms with E-state index in [9.17, 15) is 14.4 Å². The predicted octanol–water partition coefficient (Wildman–Crippen LogP) is 1.05. The number of benzene rings is 1. The van der Waals surface area contributed by atoms with Crippen LogP contribution in [0.3, 0.4) is 0 Å². The van der Waals surface area contributed by atoms with E-state index in [1.807, 2.05) is 19.1 Å². The normalized spacial score (nSPS) is 9.81. The maximum Gasteiger partial charge on any atom is 0.319 e. The minimum atomic E-state index is -0.972. The van der Waals surface area contributed by atoms with E-state index in [1.54, 1.807) is 12.1 Å². The number of nitrogens with one attached hydrogen (secondary N) is 2. The van der Waals surface area contributed by atoms with Crippen LogP contribution in [0.4, 0.5) is 10.5 Å². The molecule has 0 fully saturated rings. The van der Waals surface area contributed by atoms with E-state index in [0.29, 0.717) is 5.69 Å². The number of rotatable bonds is 6. The Morgan fingerprint density at radius 2 is 2.00 bits per heavy atom. The van der Waals surface area contributed by atoms with Crippen molar-refractivity contribution in [3.8, 4) is 0 Å². The smallest absolute Gasteiger partial charge is 0.319 e. The van der Waals surface area contributed by atoms with Crippen LogP contribution in [0.5, 0.6) is 0 Å². The van der Waals surface area contributed by atoms with Crippen molar-refractivity contribution in [2.24, 2.45) is 0 Å². The zero-order valence-electron chi connectivity index (χ0n) is 12.0. The summed E-state index contributed by atoms with van der Waals surface area (Å²) in [6.07, 6.45) is -0.127. The number of aliphatic carboxylic acids is 1. The molecule has 1 aromatic rings. The molecule has 0 aliphatic heterocycles. The summed E-state index contributed by atoms with van der Waals surface area (Å²) in [6.45, 7) is 1.83. The first-order valence-corrected chi connectivity index (χ1v) is 6.46. The van der Waals surface area contributed by atoms with Gasteiger partial charge in [0, 0.05) is 19.3 Å². The number of aryl methyl sites for hydroxylation is 1. The molecule has 3 N–H and O–H groups in total. The molecule has 0 radical (unpaired) electrons. The lowest BCUT2D eigenvalue weighted by Gasteiger charge is -2.16. The molecule has 7 nitrogen and oxygen atoms in total. The van der Waals surface area contributed by atoms with Gasteiger partial charge in [-0.3, -0.25) is 9.59 Å². The summed E-state index contributed by atoms with van der Waals surface area (Å²) >= 11 is 0. The van der Waals surface area contributed by atoms with E-state index < -0.39 is 12.0 Å². The van der Waals surface area contributed by atoms with Crippen molar-refractivity contribution in [3.63, 3.8) is 0 Å². The largest absolute Gasteiger partial charge is 0.481 e. The van der Waals surface area contributed by atoms with Gasteiger partial charge in [0.15, 0.2) is 0 Å². The van der Waals surface area contributed by atoms with Gasteiger partial charge >= 0.3 is 12.0 Å². The van der Waals surface area contributed by atoms with Crippen LogP contribution in [0.2, 0.25) is 0 Å². The zero-order valence-corrected chi connectivity index (χ0v) is 12.0. The van der Waals surface area contributed by atoms with E-state index in [0.717, 1.165) is 5.56 Å². The predicted molar refractivity (Wildman–Crippen MR) is 78.1 cm³/mol. The Morgan fingerprint density at radius 3 is 2.62 bits per heavy atom. The fourth-order valence-electron chi connectivity index (χ4n) is 1.58. The van der Waals surface area contributed by atoms with Gasteiger partial charge in [0.1, 0.15) is 0 Å². The van der Waals surface area contributed by atoms with Gasteiger partial charge in [-0.2, -0.15) is 0 Å². The molecule has 114 valence electrons. The van der Waals surface area contributed by atoms with Crippen molar-refractivity contribution in [1.82, 2.24) is 10.2 Å². The molecule has 0 unspecified atom stereocenters. The summed E-state index contributed by atoms with van der Waals surface area (Å²) in [4.78, 5) is 35.0. The Kier molecular flexibility index (Phi) is 6.19. The van der Waals surface area contributed by atoms with Crippen LogP contribution in [0.15, 0.2) is 24.3 Å². The Labute approximate surface area is 122 Å². The number of carbonyl (C=O) groups excluding carboxylic acids is 2. The lowest BCUT2D eigenvalue weighted by molar-refractivity contribution is -0.138. The molecule has 0 bridgehead atoms. The Bertz CT molecular complexity index is 531. The van der Waals surface area contributed by atoms with Gasteiger partial charge in [-0.1, -0.05) is 12.1 Å². The number of hydrogen-bond donors (Lipinski definition) is 3. The van der Waals surface area contributed by atoms with Crippen molar-refractivity contribution >= 4 is 23.6 Å². The summed E-state index contributed by atoms with van der Waals surface area (Å²) in [5.74, 6) is -1.32. The number of urea groups is 1. The average molecular weight is 293 g/mol. The number of nitrogens with zero attached hydrogens (tertiary/aromatic N) is 1. The fraction of sp³-hybridized carbons (Fsp3) is 0.357. The second kappa shape index (κ2) is 7.88. The molecule has 3 amide bonds. The monoisotopic (exact) mass is 293 g/mol. The van der Waals surface area contributed by atoms with Gasteiger partial charge in [-0.25, -0.2) is 4.79 Å². The lowest BCUT2D eigenvalue weighted by atomic mass is 10.2. The highest BCUT2D eigenvalue weighted by atomic mass is 16.4. The first-order chi connectivity index (χ1) is 9.88. The SMILES string of the molecule is Cc1cccc(NC(=O)NCC(=O)N(C)CCC(=O)O)c1. The standard InChI is InChI=1S/C14H19N3O4/c1-10-4-3-5-11(8-10)16-14(21)15-9-12(18)17(2)7-6-13(19)20/h3-5,8H,6-7,9H2,1-2H3,(H,19,20)(H2,15,16,21). The summed E-state index contributed by atoms with van der Waals surface area (Å²) in [5.41, 5.74) is 1.65. The number of amides is 3. The van der Waals surface area contributed by atoms with Crippen LogP contribution < -0.4 is 10.6 Å². The molecule has 21 heavy (non-hydrogen) atoms. The van der Waals surface area contributed by atoms with Gasteiger partial charge in [-0.05, 0) is 24.6 Å². The molecule has 0 spiro atoms. The average Bonchev–Trinajstić information content (AvgIpc) is 2.42. The van der Waals surface area contributed by atoms with Crippen molar-refractivity contribution in [3.05, 3.63) is 29.8 Å². The maximum atomic E-state index is 11.7. The van der Waals surface area contributed by atoms with E-state index in [4.69, 9.17) is 5.11 Å². The van der Waals surface area contributed by atoms with Gasteiger partial charge < -0.3 is 20.6 Å². The van der Waals surface area contributed by atoms with Crippen molar-refractivity contribution < 1.29 is 19.5 Å². The molecule has 0 aliphatic carbocycles. The third-order valence-corrected chi connectivity index (χ3v) is 2.76. The minimum Gasteiger partial charge on any atom is -0.481 e. The zero-order chi connectivity index (χ0) is 15.8. The quantitative estimate of drug-likeness (QED) is 0.730. The van der Waals surface area contributed by atoms with Crippen molar-refractivity contribution in [1.29, 1.82) is 0 Å². The second-order valence-electron chi connectivity index (χ2n) is 4.64. The van der Waals surface area contributed by atoms with E-state index in [2.05, 4.69) is 10.6 Å². The maximum absolute atomic E-state index is 11.7. The highest BCUT2D eigenvalue weighted by Gasteiger charge is 2.11. The molecule has 0 heterocycles. The van der Waals surface area contributed by atoms with E-state index >= 15 is 0 Å². The summed E-state index contributed by atoms with van der Waals surface area (Å²) in [7, 11) is 1.49. The van der Waals surface area contributed by atoms with E-state index in [-0.39, 0.29) is 25.4 Å². The third-order valence-electron chi connectivity index (χ3n) is 2.76. The van der Waals surface area contributed by atoms with Gasteiger partial charge in [0.25, 0.3) is 0 Å². The molecule has 1 aromatic carbocycles. The summed E-state index contributed by atoms with van der Waals surface area (Å²) < 4.78 is 0. The summed E-state index contributed by atoms with van der Waals surface area (Å²) in [6, 6.07) is 6.79. The topological polar surface area (TPSA) is 98.7 Å². The lowest BCUT2D eigenvalue weighted by Crippen LogP contribution is -2.40. The molecule has 1 rings (SSSR count). The van der Waals surface area contributed by atoms with Crippen LogP contribution in [0.25, 0.3) is 0 Å². The second-order valence-corrected chi connectivity index (χ2v) is 4.64. The number of carbonyl (C=O) groups is 3. The van der Waals surface area contributed by atoms with Crippen LogP contribution >= 0.6 is 0 Å². The van der Waals surface area contributed by atoms with Gasteiger partial charge in [0.2, 0.25) is 5.91 Å². The molecular weight excluding hydrogens is 274 g/mol. The van der Waals surface area contributed by atoms with Crippen molar-refractivity contribution in [2.75, 3.05) is 25.5 Å². The Balaban J connectivity index is 2.35. The highest BCUT2D eigenvalue weighted by Crippen LogP contribution is 2.08. The van der Waals surface area contributed by atoms with Crippen LogP contribution in [-0.2, 0) is 9.59 Å². The number of hydrogen-bond acceptors (Lipinski definition) is 3. The number of carboxylic acids is 1. The Hall–Kier alpha value is -2.57. The molecule has 0 aromatic heterocycles. The molecule has 0 aliphatic rings. The molecule has 7 heteroatoms. The number of likely N-dealkylation sites (N-methyl/N-ethyl adjacent to an activating group) is 1. The van der Waals surface area contributed by atoms with Gasteiger partial charge in [-0.15, -0.1) is 0 Å². The van der Waals surface area contributed by atoms with E-state index in [1.165, 1.54) is 11.9 Å². The molecule has 0 saturated heterocycles. The first-order valence-electron chi connectivity index (χ1n) is 6.46. The number of anilines is 1. The molecule has 0 saturated carbocycles. The van der Waals surface area contributed by atoms with Crippen LogP contribution in [0, 0.1) is 6.92 Å². The fourth-order valence-corrected chi connectivity index (χ4v) is 1.58.